The van der Waals surface area contributed by atoms with Gasteiger partial charge in [-0.2, -0.15) is 0 Å². The molecule has 186 valence electrons. The van der Waals surface area contributed by atoms with E-state index >= 15 is 0 Å². The second-order valence-electron chi connectivity index (χ2n) is 8.35. The van der Waals surface area contributed by atoms with Crippen LogP contribution in [-0.2, 0) is 27.3 Å². The average Bonchev–Trinajstić information content (AvgIpc) is 2.96. The van der Waals surface area contributed by atoms with Gasteiger partial charge in [-0.05, 0) is 54.7 Å². The summed E-state index contributed by atoms with van der Waals surface area (Å²) < 4.78 is 54.0. The van der Waals surface area contributed by atoms with Crippen molar-refractivity contribution in [2.75, 3.05) is 13.7 Å². The number of carbonyl (C=O) groups is 2. The van der Waals surface area contributed by atoms with Crippen LogP contribution in [0.4, 0.5) is 13.2 Å². The molecule has 1 heterocycles. The molecule has 0 aliphatic heterocycles. The van der Waals surface area contributed by atoms with Gasteiger partial charge >= 0.3 is 12.3 Å². The normalized spacial score (nSPS) is 15.8. The minimum atomic E-state index is -4.76. The fourth-order valence-corrected chi connectivity index (χ4v) is 4.64. The Hall–Kier alpha value is -3.69. The van der Waals surface area contributed by atoms with E-state index in [4.69, 9.17) is 10.5 Å². The molecular formula is C25H25F3N2O5. The van der Waals surface area contributed by atoms with E-state index in [2.05, 4.69) is 9.47 Å². The summed E-state index contributed by atoms with van der Waals surface area (Å²) in [5.41, 5.74) is 9.03. The molecule has 1 aliphatic rings. The first-order valence-corrected chi connectivity index (χ1v) is 11.2. The number of aromatic nitrogens is 1. The van der Waals surface area contributed by atoms with E-state index < -0.39 is 24.2 Å². The molecule has 1 amide bonds. The first-order chi connectivity index (χ1) is 16.7. The predicted octanol–water partition coefficient (Wildman–Crippen LogP) is 4.44. The maximum Gasteiger partial charge on any atom is 0.573 e. The van der Waals surface area contributed by atoms with E-state index in [9.17, 15) is 22.8 Å². The molecule has 0 saturated heterocycles. The summed E-state index contributed by atoms with van der Waals surface area (Å²) in [5, 5.41) is 0.703. The number of nitrogens with two attached hydrogens (primary N) is 1. The van der Waals surface area contributed by atoms with Crippen molar-refractivity contribution in [2.24, 2.45) is 5.73 Å². The Morgan fingerprint density at radius 3 is 2.51 bits per heavy atom. The quantitative estimate of drug-likeness (QED) is 0.391. The van der Waals surface area contributed by atoms with Gasteiger partial charge in [-0.3, -0.25) is 4.79 Å². The van der Waals surface area contributed by atoms with Crippen molar-refractivity contribution in [3.63, 3.8) is 0 Å². The van der Waals surface area contributed by atoms with Crippen molar-refractivity contribution in [2.45, 2.75) is 44.5 Å². The fourth-order valence-electron chi connectivity index (χ4n) is 4.64. The smallest absolute Gasteiger partial charge is 0.481 e. The number of fused-ring (bicyclic) bond motifs is 3. The van der Waals surface area contributed by atoms with Gasteiger partial charge in [0.25, 0.3) is 0 Å². The minimum Gasteiger partial charge on any atom is -0.481 e. The number of alkyl halides is 3. The molecule has 4 rings (SSSR count). The molecule has 1 atom stereocenters. The number of nitrogens with zero attached hydrogens (tertiary/aromatic N) is 1. The number of methoxy groups -OCH3 is 1. The number of hydrogen-bond acceptors (Lipinski definition) is 5. The Morgan fingerprint density at radius 1 is 1.11 bits per heavy atom. The summed E-state index contributed by atoms with van der Waals surface area (Å²) in [6, 6.07) is 11.1. The number of halogens is 3. The maximum atomic E-state index is 12.5. The number of hydrogen-bond donors (Lipinski definition) is 1. The molecule has 7 nitrogen and oxygen atoms in total. The van der Waals surface area contributed by atoms with Crippen LogP contribution in [0.1, 0.15) is 42.0 Å². The average molecular weight is 490 g/mol. The van der Waals surface area contributed by atoms with Gasteiger partial charge in [-0.25, -0.2) is 4.79 Å². The fraction of sp³-hybridized carbons (Fsp3) is 0.360. The van der Waals surface area contributed by atoms with Crippen LogP contribution >= 0.6 is 0 Å². The lowest BCUT2D eigenvalue weighted by molar-refractivity contribution is -0.274. The van der Waals surface area contributed by atoms with Gasteiger partial charge in [0.1, 0.15) is 11.5 Å². The summed E-state index contributed by atoms with van der Waals surface area (Å²) in [4.78, 5) is 24.1. The van der Waals surface area contributed by atoms with Gasteiger partial charge in [0, 0.05) is 17.6 Å². The van der Waals surface area contributed by atoms with Crippen LogP contribution < -0.4 is 15.2 Å². The molecule has 0 bridgehead atoms. The lowest BCUT2D eigenvalue weighted by Crippen LogP contribution is -2.21. The van der Waals surface area contributed by atoms with Crippen molar-refractivity contribution < 1.29 is 37.0 Å². The number of amides is 1. The molecule has 3 aromatic rings. The first kappa shape index (κ1) is 24.4. The summed E-state index contributed by atoms with van der Waals surface area (Å²) >= 11 is 0. The maximum absolute atomic E-state index is 12.5. The van der Waals surface area contributed by atoms with E-state index in [0.717, 1.165) is 35.2 Å². The molecule has 0 radical (unpaired) electrons. The molecular weight excluding hydrogens is 465 g/mol. The van der Waals surface area contributed by atoms with Crippen molar-refractivity contribution in [3.8, 4) is 11.5 Å². The number of ether oxygens (including phenoxy) is 3. The van der Waals surface area contributed by atoms with Gasteiger partial charge in [0.05, 0.1) is 18.5 Å². The number of esters is 1. The third kappa shape index (κ3) is 5.36. The highest BCUT2D eigenvalue weighted by Crippen LogP contribution is 2.42. The molecule has 0 fully saturated rings. The third-order valence-electron chi connectivity index (χ3n) is 6.12. The van der Waals surface area contributed by atoms with Crippen LogP contribution in [0.5, 0.6) is 11.5 Å². The Kier molecular flexibility index (Phi) is 6.90. The van der Waals surface area contributed by atoms with Crippen molar-refractivity contribution in [3.05, 3.63) is 59.3 Å². The van der Waals surface area contributed by atoms with Gasteiger partial charge < -0.3 is 24.5 Å². The summed E-state index contributed by atoms with van der Waals surface area (Å²) in [6.07, 6.45) is -1.81. The highest BCUT2D eigenvalue weighted by atomic mass is 19.4. The predicted molar refractivity (Wildman–Crippen MR) is 121 cm³/mol. The molecule has 2 aromatic carbocycles. The Labute approximate surface area is 199 Å². The molecule has 1 aliphatic carbocycles. The standard InChI is InChI=1S/C25H25F3N2O5/c1-33-21(31)14-34-20-8-4-7-19-23(20)22-17(24(29)32)5-2-3-6-18(22)30(19)13-15-9-11-16(12-10-15)35-25(26,27)28/h4,7-12,17H,2-3,5-6,13-14H2,1H3,(H2,29,32). The van der Waals surface area contributed by atoms with Gasteiger partial charge in [0.2, 0.25) is 5.91 Å². The second kappa shape index (κ2) is 9.89. The van der Waals surface area contributed by atoms with Crippen molar-refractivity contribution in [1.29, 1.82) is 0 Å². The molecule has 1 unspecified atom stereocenters. The van der Waals surface area contributed by atoms with Gasteiger partial charge in [-0.1, -0.05) is 24.6 Å². The Balaban J connectivity index is 1.80. The highest BCUT2D eigenvalue weighted by molar-refractivity contribution is 5.97. The minimum absolute atomic E-state index is 0.294. The third-order valence-corrected chi connectivity index (χ3v) is 6.12. The molecule has 10 heteroatoms. The second-order valence-corrected chi connectivity index (χ2v) is 8.35. The summed E-state index contributed by atoms with van der Waals surface area (Å²) in [7, 11) is 1.27. The Morgan fingerprint density at radius 2 is 1.86 bits per heavy atom. The molecule has 0 saturated carbocycles. The van der Waals surface area contributed by atoms with Crippen molar-refractivity contribution in [1.82, 2.24) is 4.57 Å². The van der Waals surface area contributed by atoms with E-state index in [1.54, 1.807) is 24.3 Å². The zero-order valence-electron chi connectivity index (χ0n) is 19.1. The Bertz CT molecular complexity index is 1230. The molecule has 1 aromatic heterocycles. The largest absolute Gasteiger partial charge is 0.573 e. The van der Waals surface area contributed by atoms with Crippen LogP contribution in [-0.4, -0.2) is 36.5 Å². The van der Waals surface area contributed by atoms with Crippen LogP contribution in [0.2, 0.25) is 0 Å². The van der Waals surface area contributed by atoms with Gasteiger partial charge in [0.15, 0.2) is 6.61 Å². The van der Waals surface area contributed by atoms with Crippen LogP contribution in [0.3, 0.4) is 0 Å². The van der Waals surface area contributed by atoms with E-state index in [1.807, 2.05) is 10.6 Å². The topological polar surface area (TPSA) is 92.8 Å². The highest BCUT2D eigenvalue weighted by Gasteiger charge is 2.32. The van der Waals surface area contributed by atoms with Gasteiger partial charge in [-0.15, -0.1) is 13.2 Å². The number of primary amides is 1. The number of benzene rings is 2. The number of rotatable bonds is 7. The first-order valence-electron chi connectivity index (χ1n) is 11.2. The van der Waals surface area contributed by atoms with Crippen molar-refractivity contribution >= 4 is 22.8 Å². The lowest BCUT2D eigenvalue weighted by Gasteiger charge is -2.14. The summed E-state index contributed by atoms with van der Waals surface area (Å²) in [6.45, 7) is 0.0571. The van der Waals surface area contributed by atoms with Crippen LogP contribution in [0, 0.1) is 0 Å². The zero-order chi connectivity index (χ0) is 25.2. The van der Waals surface area contributed by atoms with E-state index in [-0.39, 0.29) is 12.4 Å². The number of carbonyl (C=O) groups excluding carboxylic acids is 2. The summed E-state index contributed by atoms with van der Waals surface area (Å²) in [5.74, 6) is -1.37. The monoisotopic (exact) mass is 490 g/mol. The molecule has 0 spiro atoms. The van der Waals surface area contributed by atoms with Crippen LogP contribution in [0.15, 0.2) is 42.5 Å². The van der Waals surface area contributed by atoms with Crippen LogP contribution in [0.25, 0.3) is 10.9 Å². The SMILES string of the molecule is COC(=O)COc1cccc2c1c1c(n2Cc2ccc(OC(F)(F)F)cc2)CCCCC1C(N)=O. The lowest BCUT2D eigenvalue weighted by atomic mass is 9.92. The molecule has 2 N–H and O–H groups in total. The van der Waals surface area contributed by atoms with E-state index in [0.29, 0.717) is 30.5 Å². The zero-order valence-corrected chi connectivity index (χ0v) is 19.1. The van der Waals surface area contributed by atoms with E-state index in [1.165, 1.54) is 19.2 Å². The molecule has 35 heavy (non-hydrogen) atoms.